The zero-order chi connectivity index (χ0) is 23.1. The molecule has 2 aromatic carbocycles. The maximum atomic E-state index is 14.7. The minimum atomic E-state index is -0.763. The van der Waals surface area contributed by atoms with Crippen LogP contribution in [-0.2, 0) is 6.54 Å². The maximum absolute atomic E-state index is 14.7. The Hall–Kier alpha value is -3.29. The summed E-state index contributed by atoms with van der Waals surface area (Å²) >= 11 is 5.89. The molecule has 6 nitrogen and oxygen atoms in total. The summed E-state index contributed by atoms with van der Waals surface area (Å²) in [5, 5.41) is 15.0. The number of carbonyl (C=O) groups excluding carboxylic acids is 1. The molecule has 32 heavy (non-hydrogen) atoms. The molecule has 0 radical (unpaired) electrons. The van der Waals surface area contributed by atoms with Crippen LogP contribution < -0.4 is 10.6 Å². The molecule has 3 N–H and O–H groups in total. The van der Waals surface area contributed by atoms with Crippen molar-refractivity contribution in [1.82, 2.24) is 15.2 Å². The molecule has 0 aliphatic carbocycles. The number of pyridine rings is 1. The van der Waals surface area contributed by atoms with E-state index in [9.17, 15) is 9.18 Å². The molecule has 0 saturated carbocycles. The summed E-state index contributed by atoms with van der Waals surface area (Å²) in [5.74, 6) is -0.716. The van der Waals surface area contributed by atoms with Crippen molar-refractivity contribution in [3.05, 3.63) is 93.9 Å². The number of hydrogen-bond donors (Lipinski definition) is 3. The van der Waals surface area contributed by atoms with E-state index < -0.39 is 5.95 Å². The summed E-state index contributed by atoms with van der Waals surface area (Å²) in [4.78, 5) is 18.7. The van der Waals surface area contributed by atoms with Gasteiger partial charge in [-0.2, -0.15) is 4.39 Å². The third-order valence-corrected chi connectivity index (χ3v) is 5.04. The van der Waals surface area contributed by atoms with Gasteiger partial charge in [-0.05, 0) is 50.0 Å². The lowest BCUT2D eigenvalue weighted by Gasteiger charge is -2.13. The largest absolute Gasteiger partial charge is 0.369 e. The predicted molar refractivity (Wildman–Crippen MR) is 126 cm³/mol. The normalized spacial score (nSPS) is 10.8. The van der Waals surface area contributed by atoms with E-state index in [1.54, 1.807) is 42.5 Å². The minimum Gasteiger partial charge on any atom is -0.369 e. The lowest BCUT2D eigenvalue weighted by Crippen LogP contribution is -2.25. The Balaban J connectivity index is 1.74. The number of rotatable bonds is 9. The van der Waals surface area contributed by atoms with Gasteiger partial charge >= 0.3 is 0 Å². The molecule has 166 valence electrons. The summed E-state index contributed by atoms with van der Waals surface area (Å²) in [7, 11) is 3.90. The van der Waals surface area contributed by atoms with Crippen molar-refractivity contribution < 1.29 is 9.18 Å². The molecule has 0 atom stereocenters. The quantitative estimate of drug-likeness (QED) is 0.335. The van der Waals surface area contributed by atoms with Crippen LogP contribution in [0.1, 0.15) is 27.0 Å². The van der Waals surface area contributed by atoms with Crippen molar-refractivity contribution in [1.29, 1.82) is 5.41 Å². The van der Waals surface area contributed by atoms with E-state index in [1.165, 1.54) is 6.07 Å². The lowest BCUT2D eigenvalue weighted by atomic mass is 9.97. The Morgan fingerprint density at radius 1 is 1.03 bits per heavy atom. The number of hydrogen-bond acceptors (Lipinski definition) is 5. The van der Waals surface area contributed by atoms with Crippen LogP contribution in [0.2, 0.25) is 5.02 Å². The van der Waals surface area contributed by atoms with Crippen LogP contribution in [0.4, 0.5) is 10.2 Å². The third-order valence-electron chi connectivity index (χ3n) is 4.79. The van der Waals surface area contributed by atoms with Gasteiger partial charge in [0.15, 0.2) is 0 Å². The molecule has 0 saturated heterocycles. The van der Waals surface area contributed by atoms with Gasteiger partial charge in [0.25, 0.3) is 5.91 Å². The van der Waals surface area contributed by atoms with Crippen LogP contribution in [0, 0.1) is 11.4 Å². The number of amides is 1. The fraction of sp³-hybridized carbons (Fsp3) is 0.208. The second kappa shape index (κ2) is 10.8. The van der Waals surface area contributed by atoms with Gasteiger partial charge in [0.1, 0.15) is 5.82 Å². The first-order chi connectivity index (χ1) is 15.3. The van der Waals surface area contributed by atoms with Crippen LogP contribution in [0.25, 0.3) is 0 Å². The highest BCUT2D eigenvalue weighted by atomic mass is 35.5. The summed E-state index contributed by atoms with van der Waals surface area (Å²) in [6.07, 6.45) is 0. The number of nitrogens with zero attached hydrogens (tertiary/aromatic N) is 2. The molecule has 0 unspecified atom stereocenters. The molecule has 0 aliphatic heterocycles. The molecule has 1 aromatic heterocycles. The number of aromatic nitrogens is 1. The average molecular weight is 454 g/mol. The number of halogens is 2. The van der Waals surface area contributed by atoms with Gasteiger partial charge in [-0.1, -0.05) is 41.9 Å². The Morgan fingerprint density at radius 2 is 1.72 bits per heavy atom. The van der Waals surface area contributed by atoms with E-state index >= 15 is 0 Å². The first kappa shape index (κ1) is 23.4. The fourth-order valence-electron chi connectivity index (χ4n) is 3.05. The Morgan fingerprint density at radius 3 is 2.38 bits per heavy atom. The zero-order valence-corrected chi connectivity index (χ0v) is 18.7. The molecular formula is C24H25ClFN5O. The molecule has 0 spiro atoms. The topological polar surface area (TPSA) is 81.1 Å². The second-order valence-corrected chi connectivity index (χ2v) is 7.93. The summed E-state index contributed by atoms with van der Waals surface area (Å²) in [5.41, 5.74) is 1.44. The highest BCUT2D eigenvalue weighted by molar-refractivity contribution is 6.30. The maximum Gasteiger partial charge on any atom is 0.252 e. The standard InChI is InChI=1S/C24H25ClFN5O/c1-31(2)14-13-28-21-12-11-20(23(26)30-21)22(27)18-5-3-4-6-19(18)24(32)29-15-16-7-9-17(25)10-8-16/h3-12,27H,13-15H2,1-2H3,(H,28,30)(H,29,32). The lowest BCUT2D eigenvalue weighted by molar-refractivity contribution is 0.0950. The Bertz CT molecular complexity index is 1100. The number of carbonyl (C=O) groups is 1. The van der Waals surface area contributed by atoms with Crippen molar-refractivity contribution >= 4 is 29.0 Å². The van der Waals surface area contributed by atoms with Crippen molar-refractivity contribution in [3.8, 4) is 0 Å². The molecule has 1 amide bonds. The third kappa shape index (κ3) is 6.12. The molecule has 1 heterocycles. The number of benzene rings is 2. The molecule has 0 aliphatic rings. The van der Waals surface area contributed by atoms with E-state index in [-0.39, 0.29) is 17.2 Å². The molecule has 0 bridgehead atoms. The van der Waals surface area contributed by atoms with Crippen LogP contribution in [0.3, 0.4) is 0 Å². The van der Waals surface area contributed by atoms with Crippen molar-refractivity contribution in [2.75, 3.05) is 32.5 Å². The first-order valence-electron chi connectivity index (χ1n) is 10.1. The highest BCUT2D eigenvalue weighted by Crippen LogP contribution is 2.18. The summed E-state index contributed by atoms with van der Waals surface area (Å²) in [6, 6.07) is 17.0. The van der Waals surface area contributed by atoms with E-state index in [0.717, 1.165) is 12.1 Å². The zero-order valence-electron chi connectivity index (χ0n) is 18.0. The van der Waals surface area contributed by atoms with Crippen molar-refractivity contribution in [3.63, 3.8) is 0 Å². The van der Waals surface area contributed by atoms with Gasteiger partial charge < -0.3 is 15.5 Å². The molecule has 3 rings (SSSR count). The van der Waals surface area contributed by atoms with E-state index in [1.807, 2.05) is 31.1 Å². The van der Waals surface area contributed by atoms with Crippen LogP contribution >= 0.6 is 11.6 Å². The number of nitrogens with one attached hydrogen (secondary N) is 3. The Kier molecular flexibility index (Phi) is 7.92. The summed E-state index contributed by atoms with van der Waals surface area (Å²) < 4.78 is 14.7. The molecular weight excluding hydrogens is 429 g/mol. The van der Waals surface area contributed by atoms with Crippen LogP contribution in [0.5, 0.6) is 0 Å². The monoisotopic (exact) mass is 453 g/mol. The molecule has 3 aromatic rings. The number of anilines is 1. The molecule has 8 heteroatoms. The average Bonchev–Trinajstić information content (AvgIpc) is 2.78. The second-order valence-electron chi connectivity index (χ2n) is 7.49. The first-order valence-corrected chi connectivity index (χ1v) is 10.5. The smallest absolute Gasteiger partial charge is 0.252 e. The van der Waals surface area contributed by atoms with E-state index in [0.29, 0.717) is 35.1 Å². The van der Waals surface area contributed by atoms with Crippen LogP contribution in [0.15, 0.2) is 60.7 Å². The van der Waals surface area contributed by atoms with Crippen molar-refractivity contribution in [2.45, 2.75) is 6.54 Å². The fourth-order valence-corrected chi connectivity index (χ4v) is 3.18. The minimum absolute atomic E-state index is 0.0288. The van der Waals surface area contributed by atoms with E-state index in [4.69, 9.17) is 17.0 Å². The van der Waals surface area contributed by atoms with E-state index in [2.05, 4.69) is 15.6 Å². The molecule has 0 fully saturated rings. The highest BCUT2D eigenvalue weighted by Gasteiger charge is 2.18. The Labute approximate surface area is 191 Å². The van der Waals surface area contributed by atoms with Gasteiger partial charge in [0, 0.05) is 35.8 Å². The number of likely N-dealkylation sites (N-methyl/N-ethyl adjacent to an activating group) is 1. The van der Waals surface area contributed by atoms with Gasteiger partial charge in [0.2, 0.25) is 5.95 Å². The van der Waals surface area contributed by atoms with Gasteiger partial charge in [-0.15, -0.1) is 0 Å². The van der Waals surface area contributed by atoms with Gasteiger partial charge in [0.05, 0.1) is 11.3 Å². The summed E-state index contributed by atoms with van der Waals surface area (Å²) in [6.45, 7) is 1.70. The van der Waals surface area contributed by atoms with Crippen LogP contribution in [-0.4, -0.2) is 48.7 Å². The SMILES string of the molecule is CN(C)CCNc1ccc(C(=N)c2ccccc2C(=O)NCc2ccc(Cl)cc2)c(F)n1. The van der Waals surface area contributed by atoms with Gasteiger partial charge in [-0.3, -0.25) is 10.2 Å². The predicted octanol–water partition coefficient (Wildman–Crippen LogP) is 4.19. The van der Waals surface area contributed by atoms with Crippen molar-refractivity contribution in [2.24, 2.45) is 0 Å². The van der Waals surface area contributed by atoms with Gasteiger partial charge in [-0.25, -0.2) is 4.98 Å².